The normalized spacial score (nSPS) is 11.8. The Morgan fingerprint density at radius 1 is 0.611 bits per heavy atom. The van der Waals surface area contributed by atoms with Crippen molar-refractivity contribution in [2.75, 3.05) is 0 Å². The van der Waals surface area contributed by atoms with E-state index in [9.17, 15) is 19.8 Å². The molecule has 3 aromatic rings. The summed E-state index contributed by atoms with van der Waals surface area (Å²) in [6, 6.07) is 11.9. The fraction of sp³-hybridized carbons (Fsp3) is 0.286. The highest BCUT2D eigenvalue weighted by molar-refractivity contribution is 6.38. The van der Waals surface area contributed by atoms with E-state index in [1.807, 2.05) is 41.5 Å². The summed E-state index contributed by atoms with van der Waals surface area (Å²) in [5.41, 5.74) is 0.641. The zero-order valence-corrected chi connectivity index (χ0v) is 22.4. The van der Waals surface area contributed by atoms with Gasteiger partial charge in [0.05, 0.1) is 21.2 Å². The molecule has 0 saturated heterocycles. The number of hydrogen-bond donors (Lipinski definition) is 2. The van der Waals surface area contributed by atoms with Crippen molar-refractivity contribution >= 4 is 35.1 Å². The molecular weight excluding hydrogens is 503 g/mol. The van der Waals surface area contributed by atoms with Gasteiger partial charge in [-0.2, -0.15) is 0 Å². The van der Waals surface area contributed by atoms with Crippen LogP contribution in [0.5, 0.6) is 23.0 Å². The highest BCUT2D eigenvalue weighted by atomic mass is 35.5. The van der Waals surface area contributed by atoms with Crippen LogP contribution in [0.2, 0.25) is 10.0 Å². The minimum absolute atomic E-state index is 0.116. The quantitative estimate of drug-likeness (QED) is 0.331. The molecule has 6 nitrogen and oxygen atoms in total. The van der Waals surface area contributed by atoms with Crippen LogP contribution in [0.4, 0.5) is 0 Å². The van der Waals surface area contributed by atoms with Gasteiger partial charge in [0.25, 0.3) is 0 Å². The smallest absolute Gasteiger partial charge is 0.335 e. The molecule has 0 amide bonds. The standard InChI is InChI=1S/C28H28Cl2O6/c1-27(2,3)19-21(29)20(28(4,5)6)23(35-17-11-7-15(8-12-17)25(31)32)24(22(19)30)36-18-13-9-16(10-14-18)26(33)34/h7-14H,1-6H3,(H,31,32)(H,33,34). The van der Waals surface area contributed by atoms with Gasteiger partial charge >= 0.3 is 11.9 Å². The van der Waals surface area contributed by atoms with E-state index in [0.29, 0.717) is 27.6 Å². The van der Waals surface area contributed by atoms with Crippen LogP contribution in [0.15, 0.2) is 48.5 Å². The number of halogens is 2. The summed E-state index contributed by atoms with van der Waals surface area (Å²) in [6.07, 6.45) is 0. The Labute approximate surface area is 220 Å². The SMILES string of the molecule is CC(C)(C)c1c(Cl)c(Oc2ccc(C(=O)O)cc2)c(Oc2ccc(C(=O)O)cc2)c(C(C)(C)C)c1Cl. The topological polar surface area (TPSA) is 93.1 Å². The van der Waals surface area contributed by atoms with Crippen molar-refractivity contribution in [2.45, 2.75) is 52.4 Å². The second-order valence-corrected chi connectivity index (χ2v) is 11.2. The predicted molar refractivity (Wildman–Crippen MR) is 141 cm³/mol. The van der Waals surface area contributed by atoms with Crippen LogP contribution in [0.25, 0.3) is 0 Å². The first-order valence-electron chi connectivity index (χ1n) is 11.2. The number of carbonyl (C=O) groups is 2. The predicted octanol–water partition coefficient (Wildman–Crippen LogP) is 8.57. The molecular formula is C28H28Cl2O6. The molecule has 36 heavy (non-hydrogen) atoms. The van der Waals surface area contributed by atoms with Crippen molar-refractivity contribution in [3.05, 3.63) is 80.8 Å². The van der Waals surface area contributed by atoms with Gasteiger partial charge in [-0.15, -0.1) is 0 Å². The molecule has 0 heterocycles. The van der Waals surface area contributed by atoms with Crippen LogP contribution in [0, 0.1) is 0 Å². The fourth-order valence-electron chi connectivity index (χ4n) is 3.73. The van der Waals surface area contributed by atoms with Gasteiger partial charge in [-0.3, -0.25) is 0 Å². The summed E-state index contributed by atoms with van der Waals surface area (Å²) in [6.45, 7) is 11.9. The third kappa shape index (κ3) is 5.77. The number of rotatable bonds is 6. The largest absolute Gasteiger partial charge is 0.478 e. The Morgan fingerprint density at radius 3 is 1.31 bits per heavy atom. The van der Waals surface area contributed by atoms with E-state index < -0.39 is 22.8 Å². The molecule has 8 heteroatoms. The summed E-state index contributed by atoms with van der Waals surface area (Å²) in [5.74, 6) is -0.865. The lowest BCUT2D eigenvalue weighted by molar-refractivity contribution is 0.0686. The van der Waals surface area contributed by atoms with Crippen LogP contribution in [-0.2, 0) is 10.8 Å². The maximum absolute atomic E-state index is 11.3. The minimum atomic E-state index is -1.05. The minimum Gasteiger partial charge on any atom is -0.478 e. The molecule has 0 fully saturated rings. The molecule has 0 bridgehead atoms. The van der Waals surface area contributed by atoms with Gasteiger partial charge in [-0.1, -0.05) is 64.7 Å². The van der Waals surface area contributed by atoms with Crippen LogP contribution in [0.3, 0.4) is 0 Å². The Hall–Kier alpha value is -3.22. The zero-order valence-electron chi connectivity index (χ0n) is 20.9. The Bertz CT molecular complexity index is 1300. The maximum atomic E-state index is 11.3. The van der Waals surface area contributed by atoms with Gasteiger partial charge in [-0.05, 0) is 64.9 Å². The van der Waals surface area contributed by atoms with Gasteiger partial charge in [-0.25, -0.2) is 9.59 Å². The summed E-state index contributed by atoms with van der Waals surface area (Å²) in [7, 11) is 0. The Kier molecular flexibility index (Phi) is 7.63. The third-order valence-electron chi connectivity index (χ3n) is 5.43. The first kappa shape index (κ1) is 27.4. The molecule has 2 N–H and O–H groups in total. The van der Waals surface area contributed by atoms with Gasteiger partial charge in [0.2, 0.25) is 0 Å². The second-order valence-electron chi connectivity index (χ2n) is 10.4. The molecule has 0 atom stereocenters. The number of carboxylic acid groups (broad SMARTS) is 2. The molecule has 0 aliphatic carbocycles. The van der Waals surface area contributed by atoms with Crippen molar-refractivity contribution in [3.8, 4) is 23.0 Å². The lowest BCUT2D eigenvalue weighted by Gasteiger charge is -2.32. The highest BCUT2D eigenvalue weighted by Crippen LogP contribution is 2.54. The second kappa shape index (κ2) is 10.0. The summed E-state index contributed by atoms with van der Waals surface area (Å²) >= 11 is 13.9. The number of aromatic carboxylic acids is 2. The van der Waals surface area contributed by atoms with Gasteiger partial charge < -0.3 is 19.7 Å². The molecule has 0 saturated carbocycles. The van der Waals surface area contributed by atoms with Crippen molar-refractivity contribution in [1.82, 2.24) is 0 Å². The van der Waals surface area contributed by atoms with Crippen molar-refractivity contribution in [1.29, 1.82) is 0 Å². The lowest BCUT2D eigenvalue weighted by Crippen LogP contribution is -2.20. The number of carboxylic acids is 2. The number of hydrogen-bond acceptors (Lipinski definition) is 4. The van der Waals surface area contributed by atoms with Gasteiger partial charge in [0.1, 0.15) is 11.5 Å². The average Bonchev–Trinajstić information content (AvgIpc) is 2.75. The highest BCUT2D eigenvalue weighted by Gasteiger charge is 2.35. The van der Waals surface area contributed by atoms with Crippen LogP contribution < -0.4 is 9.47 Å². The number of benzene rings is 3. The molecule has 3 rings (SSSR count). The van der Waals surface area contributed by atoms with Crippen LogP contribution in [-0.4, -0.2) is 22.2 Å². The monoisotopic (exact) mass is 530 g/mol. The number of ether oxygens (including phenoxy) is 2. The first-order valence-corrected chi connectivity index (χ1v) is 11.9. The average molecular weight is 531 g/mol. The molecule has 0 radical (unpaired) electrons. The van der Waals surface area contributed by atoms with Crippen molar-refractivity contribution in [3.63, 3.8) is 0 Å². The summed E-state index contributed by atoms with van der Waals surface area (Å²) in [4.78, 5) is 22.5. The molecule has 190 valence electrons. The third-order valence-corrected chi connectivity index (χ3v) is 6.17. The molecule has 3 aromatic carbocycles. The van der Waals surface area contributed by atoms with E-state index in [0.717, 1.165) is 0 Å². The van der Waals surface area contributed by atoms with E-state index in [4.69, 9.17) is 32.7 Å². The molecule has 0 unspecified atom stereocenters. The van der Waals surface area contributed by atoms with Gasteiger partial charge in [0.15, 0.2) is 11.5 Å². The van der Waals surface area contributed by atoms with E-state index in [-0.39, 0.29) is 27.6 Å². The zero-order chi connectivity index (χ0) is 27.0. The Balaban J connectivity index is 2.28. The van der Waals surface area contributed by atoms with Crippen LogP contribution in [0.1, 0.15) is 73.4 Å². The van der Waals surface area contributed by atoms with Gasteiger partial charge in [0, 0.05) is 5.56 Å². The van der Waals surface area contributed by atoms with Crippen LogP contribution >= 0.6 is 23.2 Å². The fourth-order valence-corrected chi connectivity index (χ4v) is 5.03. The summed E-state index contributed by atoms with van der Waals surface area (Å²) < 4.78 is 12.5. The van der Waals surface area contributed by atoms with E-state index in [2.05, 4.69) is 0 Å². The molecule has 0 aliphatic heterocycles. The van der Waals surface area contributed by atoms with E-state index >= 15 is 0 Å². The Morgan fingerprint density at radius 2 is 0.972 bits per heavy atom. The lowest BCUT2D eigenvalue weighted by atomic mass is 9.79. The first-order chi connectivity index (χ1) is 16.6. The molecule has 0 aliphatic rings. The van der Waals surface area contributed by atoms with Crippen molar-refractivity contribution in [2.24, 2.45) is 0 Å². The van der Waals surface area contributed by atoms with E-state index in [1.54, 1.807) is 12.1 Å². The van der Waals surface area contributed by atoms with E-state index in [1.165, 1.54) is 36.4 Å². The maximum Gasteiger partial charge on any atom is 0.335 e. The molecule has 0 aromatic heterocycles. The molecule has 0 spiro atoms. The summed E-state index contributed by atoms with van der Waals surface area (Å²) in [5, 5.41) is 19.2. The van der Waals surface area contributed by atoms with Crippen molar-refractivity contribution < 1.29 is 29.3 Å².